The van der Waals surface area contributed by atoms with E-state index >= 15 is 0 Å². The lowest BCUT2D eigenvalue weighted by Gasteiger charge is -2.33. The molecule has 0 aliphatic heterocycles. The highest BCUT2D eigenvalue weighted by molar-refractivity contribution is 14.1. The van der Waals surface area contributed by atoms with E-state index in [4.69, 9.17) is 42.1 Å². The SMILES string of the molecule is COc1cc(C=Nc2sc3c(c2C(=O)NCc2ccco2)CC[C@@H](C(C)(C)C)C3)cc(I)c1OCc1ccc(Cl)cc1Cl. The Labute approximate surface area is 279 Å². The number of ether oxygens (including phenoxy) is 2. The fourth-order valence-corrected chi connectivity index (χ4v) is 7.69. The maximum atomic E-state index is 13.5. The molecule has 0 saturated heterocycles. The van der Waals surface area contributed by atoms with Gasteiger partial charge in [-0.05, 0) is 101 Å². The van der Waals surface area contributed by atoms with Crippen LogP contribution in [0.1, 0.15) is 64.9 Å². The van der Waals surface area contributed by atoms with Crippen molar-refractivity contribution in [3.63, 3.8) is 0 Å². The van der Waals surface area contributed by atoms with Gasteiger partial charge in [0.1, 0.15) is 17.4 Å². The summed E-state index contributed by atoms with van der Waals surface area (Å²) in [6.07, 6.45) is 6.25. The van der Waals surface area contributed by atoms with Crippen molar-refractivity contribution in [3.05, 3.63) is 95.2 Å². The number of nitrogens with one attached hydrogen (secondary N) is 1. The maximum absolute atomic E-state index is 13.5. The Morgan fingerprint density at radius 2 is 2.05 bits per heavy atom. The van der Waals surface area contributed by atoms with Crippen molar-refractivity contribution >= 4 is 74.3 Å². The number of hydrogen-bond acceptors (Lipinski definition) is 6. The van der Waals surface area contributed by atoms with E-state index in [9.17, 15) is 4.79 Å². The first-order valence-corrected chi connectivity index (χ1v) is 16.6. The van der Waals surface area contributed by atoms with Crippen LogP contribution in [0.2, 0.25) is 10.0 Å². The molecule has 2 aromatic carbocycles. The van der Waals surface area contributed by atoms with Crippen molar-refractivity contribution in [1.82, 2.24) is 5.32 Å². The molecule has 10 heteroatoms. The Balaban J connectivity index is 1.41. The van der Waals surface area contributed by atoms with Crippen molar-refractivity contribution in [2.45, 2.75) is 53.2 Å². The molecule has 1 N–H and O–H groups in total. The smallest absolute Gasteiger partial charge is 0.255 e. The van der Waals surface area contributed by atoms with Crippen molar-refractivity contribution in [1.29, 1.82) is 0 Å². The first kappa shape index (κ1) is 31.9. The normalized spacial score (nSPS) is 15.0. The van der Waals surface area contributed by atoms with Crippen LogP contribution in [-0.4, -0.2) is 19.2 Å². The molecular weight excluding hydrogens is 718 g/mol. The lowest BCUT2D eigenvalue weighted by molar-refractivity contribution is 0.0947. The molecule has 226 valence electrons. The van der Waals surface area contributed by atoms with Crippen LogP contribution in [0.15, 0.2) is 58.1 Å². The molecule has 1 aliphatic carbocycles. The summed E-state index contributed by atoms with van der Waals surface area (Å²) in [6, 6.07) is 12.8. The second-order valence-corrected chi connectivity index (χ2v) is 14.7. The van der Waals surface area contributed by atoms with Crippen molar-refractivity contribution < 1.29 is 18.7 Å². The number of amides is 1. The largest absolute Gasteiger partial charge is 0.493 e. The number of furan rings is 1. The standard InChI is InChI=1S/C33H33Cl2IN2O4S/c1-33(2,3)21-8-10-24-28(14-21)43-32(29(24)31(39)37-17-23-6-5-11-41-23)38-16-19-12-26(36)30(27(13-19)40-4)42-18-20-7-9-22(34)15-25(20)35/h5-7,9,11-13,15-16,21H,8,10,14,17-18H2,1-4H3,(H,37,39)/t21-/m1/s1. The molecule has 2 heterocycles. The molecule has 0 radical (unpaired) electrons. The van der Waals surface area contributed by atoms with Crippen molar-refractivity contribution in [3.8, 4) is 11.5 Å². The summed E-state index contributed by atoms with van der Waals surface area (Å²) >= 11 is 16.2. The van der Waals surface area contributed by atoms with Crippen molar-refractivity contribution in [2.24, 2.45) is 16.3 Å². The van der Waals surface area contributed by atoms with Gasteiger partial charge in [0, 0.05) is 26.7 Å². The minimum Gasteiger partial charge on any atom is -0.493 e. The van der Waals surface area contributed by atoms with E-state index in [0.717, 1.165) is 39.5 Å². The van der Waals surface area contributed by atoms with Crippen LogP contribution in [0, 0.1) is 14.9 Å². The fraction of sp³-hybridized carbons (Fsp3) is 0.333. The highest BCUT2D eigenvalue weighted by atomic mass is 127. The number of benzene rings is 2. The Bertz CT molecular complexity index is 1640. The average molecular weight is 752 g/mol. The Kier molecular flexibility index (Phi) is 10.1. The molecule has 1 amide bonds. The van der Waals surface area contributed by atoms with E-state index in [1.165, 1.54) is 4.88 Å². The molecule has 2 aromatic heterocycles. The highest BCUT2D eigenvalue weighted by Crippen LogP contribution is 2.45. The number of aliphatic imine (C=N–C) groups is 1. The topological polar surface area (TPSA) is 73.1 Å². The number of methoxy groups -OCH3 is 1. The number of fused-ring (bicyclic) bond motifs is 1. The lowest BCUT2D eigenvalue weighted by Crippen LogP contribution is -2.28. The summed E-state index contributed by atoms with van der Waals surface area (Å²) < 4.78 is 18.1. The molecule has 5 rings (SSSR count). The summed E-state index contributed by atoms with van der Waals surface area (Å²) in [7, 11) is 1.61. The fourth-order valence-electron chi connectivity index (χ4n) is 5.18. The Hall–Kier alpha value is -2.53. The molecule has 0 fully saturated rings. The lowest BCUT2D eigenvalue weighted by atomic mass is 9.72. The zero-order chi connectivity index (χ0) is 30.7. The van der Waals surface area contributed by atoms with Gasteiger partial charge in [-0.15, -0.1) is 11.3 Å². The third kappa shape index (κ3) is 7.59. The van der Waals surface area contributed by atoms with Gasteiger partial charge in [0.15, 0.2) is 11.5 Å². The molecule has 1 aliphatic rings. The number of rotatable bonds is 9. The minimum atomic E-state index is -0.132. The van der Waals surface area contributed by atoms with Crippen LogP contribution < -0.4 is 14.8 Å². The molecule has 0 unspecified atom stereocenters. The molecular formula is C33H33Cl2IN2O4S. The Morgan fingerprint density at radius 3 is 2.74 bits per heavy atom. The van der Waals surface area contributed by atoms with Gasteiger partial charge in [0.2, 0.25) is 0 Å². The van der Waals surface area contributed by atoms with E-state index in [0.29, 0.717) is 50.3 Å². The second kappa shape index (κ2) is 13.6. The molecule has 0 spiro atoms. The van der Waals surface area contributed by atoms with Crippen LogP contribution in [0.25, 0.3) is 0 Å². The van der Waals surface area contributed by atoms with Crippen LogP contribution in [0.3, 0.4) is 0 Å². The molecule has 0 saturated carbocycles. The van der Waals surface area contributed by atoms with E-state index < -0.39 is 0 Å². The second-order valence-electron chi connectivity index (χ2n) is 11.6. The highest BCUT2D eigenvalue weighted by Gasteiger charge is 2.33. The number of halogens is 3. The number of thiophene rings is 1. The summed E-state index contributed by atoms with van der Waals surface area (Å²) in [5.41, 5.74) is 3.63. The average Bonchev–Trinajstić information content (AvgIpc) is 3.61. The summed E-state index contributed by atoms with van der Waals surface area (Å²) in [4.78, 5) is 19.7. The molecule has 1 atom stereocenters. The predicted molar refractivity (Wildman–Crippen MR) is 183 cm³/mol. The van der Waals surface area contributed by atoms with E-state index in [1.54, 1.807) is 43.1 Å². The zero-order valence-electron chi connectivity index (χ0n) is 24.4. The van der Waals surface area contributed by atoms with Gasteiger partial charge in [-0.1, -0.05) is 50.0 Å². The predicted octanol–water partition coefficient (Wildman–Crippen LogP) is 9.67. The van der Waals surface area contributed by atoms with E-state index in [1.807, 2.05) is 30.3 Å². The number of carbonyl (C=O) groups excluding carboxylic acids is 1. The van der Waals surface area contributed by atoms with E-state index in [2.05, 4.69) is 48.7 Å². The first-order valence-electron chi connectivity index (χ1n) is 14.0. The third-order valence-electron chi connectivity index (χ3n) is 7.67. The van der Waals surface area contributed by atoms with E-state index in [-0.39, 0.29) is 17.9 Å². The quantitative estimate of drug-likeness (QED) is 0.137. The van der Waals surface area contributed by atoms with Gasteiger partial charge in [-0.2, -0.15) is 0 Å². The van der Waals surface area contributed by atoms with Gasteiger partial charge in [-0.3, -0.25) is 4.79 Å². The summed E-state index contributed by atoms with van der Waals surface area (Å²) in [5.74, 6) is 2.32. The minimum absolute atomic E-state index is 0.132. The Morgan fingerprint density at radius 1 is 1.23 bits per heavy atom. The number of nitrogens with zero attached hydrogens (tertiary/aromatic N) is 1. The summed E-state index contributed by atoms with van der Waals surface area (Å²) in [5, 5.41) is 4.86. The monoisotopic (exact) mass is 750 g/mol. The third-order valence-corrected chi connectivity index (χ3v) is 10.2. The van der Waals surface area contributed by atoms with Crippen LogP contribution in [0.5, 0.6) is 11.5 Å². The first-order chi connectivity index (χ1) is 20.5. The molecule has 43 heavy (non-hydrogen) atoms. The number of hydrogen-bond donors (Lipinski definition) is 1. The van der Waals surface area contributed by atoms with Gasteiger partial charge in [-0.25, -0.2) is 4.99 Å². The van der Waals surface area contributed by atoms with Crippen LogP contribution in [0.4, 0.5) is 5.00 Å². The molecule has 0 bridgehead atoms. The van der Waals surface area contributed by atoms with Crippen LogP contribution >= 0.6 is 57.1 Å². The van der Waals surface area contributed by atoms with Crippen LogP contribution in [-0.2, 0) is 26.0 Å². The van der Waals surface area contributed by atoms with Gasteiger partial charge in [0.05, 0.1) is 29.1 Å². The molecule has 4 aromatic rings. The zero-order valence-corrected chi connectivity index (χ0v) is 28.9. The summed E-state index contributed by atoms with van der Waals surface area (Å²) in [6.45, 7) is 7.46. The number of carbonyl (C=O) groups is 1. The van der Waals surface area contributed by atoms with Crippen molar-refractivity contribution in [2.75, 3.05) is 7.11 Å². The van der Waals surface area contributed by atoms with Gasteiger partial charge in [0.25, 0.3) is 5.91 Å². The molecule has 6 nitrogen and oxygen atoms in total. The van der Waals surface area contributed by atoms with Gasteiger partial charge >= 0.3 is 0 Å². The maximum Gasteiger partial charge on any atom is 0.255 e. The van der Waals surface area contributed by atoms with Gasteiger partial charge < -0.3 is 19.2 Å².